The Kier molecular flexibility index (Phi) is 1.83. The minimum atomic E-state index is -0.331. The highest BCUT2D eigenvalue weighted by Crippen LogP contribution is 2.54. The highest BCUT2D eigenvalue weighted by molar-refractivity contribution is 6.07. The van der Waals surface area contributed by atoms with E-state index in [0.29, 0.717) is 11.8 Å². The van der Waals surface area contributed by atoms with Crippen LogP contribution >= 0.6 is 0 Å². The van der Waals surface area contributed by atoms with Crippen molar-refractivity contribution in [2.24, 2.45) is 7.05 Å². The molecule has 1 aliphatic heterocycles. The first-order valence-corrected chi connectivity index (χ1v) is 6.12. The van der Waals surface area contributed by atoms with Crippen LogP contribution in [0.15, 0.2) is 18.6 Å². The molecule has 1 aliphatic carbocycles. The molecular weight excluding hydrogens is 244 g/mol. The fraction of sp³-hybridized carbons (Fsp3) is 0.333. The Hall–Kier alpha value is -2.44. The van der Waals surface area contributed by atoms with E-state index >= 15 is 0 Å². The van der Waals surface area contributed by atoms with Crippen LogP contribution in [0.25, 0.3) is 0 Å². The molecule has 7 heteroatoms. The van der Waals surface area contributed by atoms with Gasteiger partial charge in [-0.25, -0.2) is 4.98 Å². The van der Waals surface area contributed by atoms with Crippen LogP contribution in [0.3, 0.4) is 0 Å². The summed E-state index contributed by atoms with van der Waals surface area (Å²) in [5, 5.41) is 9.95. The van der Waals surface area contributed by atoms with Crippen LogP contribution in [0.1, 0.15) is 18.4 Å². The summed E-state index contributed by atoms with van der Waals surface area (Å²) in [4.78, 5) is 20.5. The Morgan fingerprint density at radius 1 is 1.42 bits per heavy atom. The summed E-state index contributed by atoms with van der Waals surface area (Å²) in [6.45, 7) is 0. The SMILES string of the molecule is Cn1cc(Nc2ncc3c(n2)NC(=O)C32CC2)cn1. The van der Waals surface area contributed by atoms with E-state index in [1.54, 1.807) is 17.1 Å². The zero-order valence-corrected chi connectivity index (χ0v) is 10.3. The van der Waals surface area contributed by atoms with E-state index in [0.717, 1.165) is 24.1 Å². The molecule has 2 aliphatic rings. The Balaban J connectivity index is 1.66. The quantitative estimate of drug-likeness (QED) is 0.835. The van der Waals surface area contributed by atoms with E-state index in [2.05, 4.69) is 25.7 Å². The van der Waals surface area contributed by atoms with Gasteiger partial charge in [-0.15, -0.1) is 0 Å². The number of fused-ring (bicyclic) bond motifs is 2. The summed E-state index contributed by atoms with van der Waals surface area (Å²) in [7, 11) is 1.84. The van der Waals surface area contributed by atoms with Crippen molar-refractivity contribution in [3.63, 3.8) is 0 Å². The Morgan fingerprint density at radius 3 is 2.95 bits per heavy atom. The number of hydrogen-bond donors (Lipinski definition) is 2. The topological polar surface area (TPSA) is 84.7 Å². The molecule has 1 amide bonds. The number of carbonyl (C=O) groups is 1. The van der Waals surface area contributed by atoms with Crippen molar-refractivity contribution in [3.8, 4) is 0 Å². The zero-order valence-electron chi connectivity index (χ0n) is 10.3. The van der Waals surface area contributed by atoms with Gasteiger partial charge in [0.2, 0.25) is 11.9 Å². The monoisotopic (exact) mass is 256 g/mol. The van der Waals surface area contributed by atoms with Crippen LogP contribution in [-0.2, 0) is 17.3 Å². The van der Waals surface area contributed by atoms with Crippen LogP contribution in [0.2, 0.25) is 0 Å². The first-order valence-electron chi connectivity index (χ1n) is 6.12. The smallest absolute Gasteiger partial charge is 0.236 e. The number of nitrogens with zero attached hydrogens (tertiary/aromatic N) is 4. The van der Waals surface area contributed by atoms with Crippen LogP contribution in [0.4, 0.5) is 17.5 Å². The van der Waals surface area contributed by atoms with Gasteiger partial charge in [0, 0.05) is 25.0 Å². The van der Waals surface area contributed by atoms with E-state index in [1.165, 1.54) is 0 Å². The maximum Gasteiger partial charge on any atom is 0.236 e. The lowest BCUT2D eigenvalue weighted by molar-refractivity contribution is -0.117. The van der Waals surface area contributed by atoms with Crippen molar-refractivity contribution < 1.29 is 4.79 Å². The molecule has 4 rings (SSSR count). The van der Waals surface area contributed by atoms with E-state index in [1.807, 2.05) is 13.2 Å². The van der Waals surface area contributed by atoms with Crippen LogP contribution in [-0.4, -0.2) is 25.7 Å². The van der Waals surface area contributed by atoms with Crippen molar-refractivity contribution in [1.82, 2.24) is 19.7 Å². The molecule has 0 aromatic carbocycles. The van der Waals surface area contributed by atoms with Gasteiger partial charge in [0.1, 0.15) is 5.82 Å². The van der Waals surface area contributed by atoms with Crippen LogP contribution < -0.4 is 10.6 Å². The third-order valence-corrected chi connectivity index (χ3v) is 3.68. The second-order valence-electron chi connectivity index (χ2n) is 5.02. The van der Waals surface area contributed by atoms with E-state index < -0.39 is 0 Å². The van der Waals surface area contributed by atoms with Gasteiger partial charge in [-0.1, -0.05) is 0 Å². The maximum absolute atomic E-state index is 11.9. The molecule has 2 N–H and O–H groups in total. The van der Waals surface area contributed by atoms with Gasteiger partial charge in [0.25, 0.3) is 0 Å². The Morgan fingerprint density at radius 2 is 2.26 bits per heavy atom. The minimum absolute atomic E-state index is 0.0512. The number of carbonyl (C=O) groups excluding carboxylic acids is 1. The van der Waals surface area contributed by atoms with Gasteiger partial charge < -0.3 is 10.6 Å². The summed E-state index contributed by atoms with van der Waals surface area (Å²) >= 11 is 0. The maximum atomic E-state index is 11.9. The number of rotatable bonds is 2. The summed E-state index contributed by atoms with van der Waals surface area (Å²) < 4.78 is 1.69. The molecule has 3 heterocycles. The first kappa shape index (κ1) is 10.5. The lowest BCUT2D eigenvalue weighted by Gasteiger charge is -2.05. The average molecular weight is 256 g/mol. The molecule has 0 unspecified atom stereocenters. The zero-order chi connectivity index (χ0) is 13.0. The predicted octanol–water partition coefficient (Wildman–Crippen LogP) is 0.937. The third kappa shape index (κ3) is 1.44. The molecule has 2 aromatic rings. The second kappa shape index (κ2) is 3.31. The van der Waals surface area contributed by atoms with Gasteiger partial charge in [0.15, 0.2) is 0 Å². The number of aryl methyl sites for hydroxylation is 1. The number of hydrogen-bond acceptors (Lipinski definition) is 5. The summed E-state index contributed by atoms with van der Waals surface area (Å²) in [5.74, 6) is 1.14. The summed E-state index contributed by atoms with van der Waals surface area (Å²) in [6.07, 6.45) is 7.05. The van der Waals surface area contributed by atoms with Crippen molar-refractivity contribution in [3.05, 3.63) is 24.2 Å². The van der Waals surface area contributed by atoms with Gasteiger partial charge in [-0.2, -0.15) is 10.1 Å². The standard InChI is InChI=1S/C12H12N6O/c1-18-6-7(4-14-18)15-11-13-5-8-9(17-11)16-10(19)12(8)2-3-12/h4-6H,2-3H2,1H3,(H2,13,15,16,17,19). The van der Waals surface area contributed by atoms with Gasteiger partial charge in [-0.05, 0) is 12.8 Å². The third-order valence-electron chi connectivity index (χ3n) is 3.68. The van der Waals surface area contributed by atoms with Gasteiger partial charge in [0.05, 0.1) is 17.3 Å². The fourth-order valence-corrected chi connectivity index (χ4v) is 2.47. The molecule has 19 heavy (non-hydrogen) atoms. The molecule has 0 saturated heterocycles. The lowest BCUT2D eigenvalue weighted by atomic mass is 10.0. The second-order valence-corrected chi connectivity index (χ2v) is 5.02. The molecular formula is C12H12N6O. The molecule has 7 nitrogen and oxygen atoms in total. The number of anilines is 3. The minimum Gasteiger partial charge on any atom is -0.321 e. The fourth-order valence-electron chi connectivity index (χ4n) is 2.47. The highest BCUT2D eigenvalue weighted by Gasteiger charge is 2.57. The predicted molar refractivity (Wildman–Crippen MR) is 68.1 cm³/mol. The van der Waals surface area contributed by atoms with Gasteiger partial charge in [-0.3, -0.25) is 9.48 Å². The molecule has 1 fully saturated rings. The molecule has 96 valence electrons. The van der Waals surface area contributed by atoms with Gasteiger partial charge >= 0.3 is 0 Å². The Labute approximate surface area is 109 Å². The first-order chi connectivity index (χ1) is 9.17. The molecule has 0 radical (unpaired) electrons. The van der Waals surface area contributed by atoms with E-state index in [4.69, 9.17) is 0 Å². The molecule has 0 atom stereocenters. The summed E-state index contributed by atoms with van der Waals surface area (Å²) in [5.41, 5.74) is 1.41. The van der Waals surface area contributed by atoms with Crippen molar-refractivity contribution in [2.45, 2.75) is 18.3 Å². The van der Waals surface area contributed by atoms with Crippen molar-refractivity contribution in [2.75, 3.05) is 10.6 Å². The van der Waals surface area contributed by atoms with Crippen molar-refractivity contribution in [1.29, 1.82) is 0 Å². The summed E-state index contributed by atoms with van der Waals surface area (Å²) in [6, 6.07) is 0. The average Bonchev–Trinajstić information content (AvgIpc) is 3.01. The van der Waals surface area contributed by atoms with Crippen LogP contribution in [0.5, 0.6) is 0 Å². The largest absolute Gasteiger partial charge is 0.321 e. The number of nitrogens with one attached hydrogen (secondary N) is 2. The lowest BCUT2D eigenvalue weighted by Crippen LogP contribution is -2.18. The van der Waals surface area contributed by atoms with Crippen molar-refractivity contribution >= 4 is 23.4 Å². The Bertz CT molecular complexity index is 687. The molecule has 2 aromatic heterocycles. The number of aromatic nitrogens is 4. The van der Waals surface area contributed by atoms with E-state index in [-0.39, 0.29) is 11.3 Å². The molecule has 0 bridgehead atoms. The number of amides is 1. The van der Waals surface area contributed by atoms with E-state index in [9.17, 15) is 4.79 Å². The van der Waals surface area contributed by atoms with Crippen LogP contribution in [0, 0.1) is 0 Å². The molecule has 1 saturated carbocycles. The molecule has 1 spiro atoms. The highest BCUT2D eigenvalue weighted by atomic mass is 16.2. The normalized spacial score (nSPS) is 18.3.